The molecule has 0 bridgehead atoms. The van der Waals surface area contributed by atoms with Crippen molar-refractivity contribution >= 4 is 10.9 Å². The summed E-state index contributed by atoms with van der Waals surface area (Å²) < 4.78 is 25.7. The van der Waals surface area contributed by atoms with Crippen molar-refractivity contribution in [1.82, 2.24) is 0 Å². The molecule has 5 heteroatoms. The van der Waals surface area contributed by atoms with Gasteiger partial charge in [-0.05, 0) is 23.7 Å². The van der Waals surface area contributed by atoms with Gasteiger partial charge >= 0.3 is 0 Å². The van der Waals surface area contributed by atoms with E-state index in [4.69, 9.17) is 10.3 Å². The highest BCUT2D eigenvalue weighted by Gasteiger charge is 2.10. The highest BCUT2D eigenvalue weighted by atomic mass is 127. The summed E-state index contributed by atoms with van der Waals surface area (Å²) in [4.78, 5) is 0. The van der Waals surface area contributed by atoms with Crippen LogP contribution in [0, 0.1) is 0 Å². The second kappa shape index (κ2) is 19.0. The van der Waals surface area contributed by atoms with Crippen LogP contribution >= 0.6 is 0 Å². The van der Waals surface area contributed by atoms with Crippen LogP contribution in [0.1, 0.15) is 76.7 Å². The van der Waals surface area contributed by atoms with Crippen molar-refractivity contribution in [2.24, 2.45) is 0 Å². The van der Waals surface area contributed by atoms with Crippen molar-refractivity contribution in [2.45, 2.75) is 76.9 Å². The molecule has 0 heterocycles. The molecule has 1 aromatic carbocycles. The van der Waals surface area contributed by atoms with Crippen LogP contribution in [-0.2, 0) is 16.6 Å². The average Bonchev–Trinajstić information content (AvgIpc) is 2.57. The standard InChI is InChI=1S/C20H35S.IO3/c1-3-4-5-6-7-8-9-10-11-15-18-21(2)19-20-16-13-12-14-17-20;2-1(3)4/h12-14,16-17H,3-11,15,18-19H2,1-2H3;/q+1;-1. The number of hydrogen-bond acceptors (Lipinski definition) is 3. The lowest BCUT2D eigenvalue weighted by Gasteiger charge is -2.04. The molecule has 1 rings (SSSR count). The van der Waals surface area contributed by atoms with Gasteiger partial charge in [-0.1, -0.05) is 88.6 Å². The van der Waals surface area contributed by atoms with E-state index >= 15 is 0 Å². The molecule has 0 aromatic heterocycles. The Morgan fingerprint density at radius 2 is 1.20 bits per heavy atom. The van der Waals surface area contributed by atoms with Crippen LogP contribution in [0.3, 0.4) is 0 Å². The van der Waals surface area contributed by atoms with Gasteiger partial charge in [0.05, 0.1) is 6.26 Å². The number of hydrogen-bond donors (Lipinski definition) is 0. The van der Waals surface area contributed by atoms with E-state index in [0.29, 0.717) is 10.9 Å². The van der Waals surface area contributed by atoms with Crippen LogP contribution in [0.25, 0.3) is 0 Å². The normalized spacial score (nSPS) is 11.9. The van der Waals surface area contributed by atoms with Gasteiger partial charge in [0.15, 0.2) is 0 Å². The summed E-state index contributed by atoms with van der Waals surface area (Å²) in [7, 11) is 0.566. The van der Waals surface area contributed by atoms with Gasteiger partial charge < -0.3 is 10.3 Å². The van der Waals surface area contributed by atoms with Crippen molar-refractivity contribution in [3.05, 3.63) is 35.9 Å². The van der Waals surface area contributed by atoms with Gasteiger partial charge in [0.25, 0.3) is 21.1 Å². The first-order valence-electron chi connectivity index (χ1n) is 9.42. The molecular formula is C20H35IO3S. The van der Waals surface area contributed by atoms with Gasteiger partial charge in [0.2, 0.25) is 0 Å². The van der Waals surface area contributed by atoms with E-state index in [0.717, 1.165) is 0 Å². The molecule has 0 aliphatic carbocycles. The van der Waals surface area contributed by atoms with Gasteiger partial charge in [-0.25, -0.2) is 0 Å². The number of benzene rings is 1. The molecule has 0 fully saturated rings. The van der Waals surface area contributed by atoms with Gasteiger partial charge in [-0.15, -0.1) is 0 Å². The smallest absolute Gasteiger partial charge is 0.282 e. The maximum atomic E-state index is 8.57. The second-order valence-electron chi connectivity index (χ2n) is 6.49. The van der Waals surface area contributed by atoms with E-state index in [1.807, 2.05) is 0 Å². The van der Waals surface area contributed by atoms with Crippen LogP contribution in [-0.4, -0.2) is 12.0 Å². The van der Waals surface area contributed by atoms with E-state index in [1.165, 1.54) is 81.3 Å². The Morgan fingerprint density at radius 1 is 0.760 bits per heavy atom. The third-order valence-corrected chi connectivity index (χ3v) is 5.91. The van der Waals surface area contributed by atoms with Crippen molar-refractivity contribution in [2.75, 3.05) is 12.0 Å². The fourth-order valence-electron chi connectivity index (χ4n) is 2.77. The Bertz CT molecular complexity index is 374. The topological polar surface area (TPSA) is 69.2 Å². The highest BCUT2D eigenvalue weighted by molar-refractivity contribution is 7.95. The van der Waals surface area contributed by atoms with Crippen LogP contribution in [0.5, 0.6) is 0 Å². The quantitative estimate of drug-likeness (QED) is 0.222. The molecule has 0 amide bonds. The molecule has 0 spiro atoms. The first kappa shape index (κ1) is 25.2. The summed E-state index contributed by atoms with van der Waals surface area (Å²) >= 11 is -4.01. The Balaban J connectivity index is 0.00000129. The van der Waals surface area contributed by atoms with E-state index in [2.05, 4.69) is 43.5 Å². The zero-order chi connectivity index (χ0) is 18.8. The number of rotatable bonds is 13. The minimum Gasteiger partial charge on any atom is -0.427 e. The maximum absolute atomic E-state index is 8.57. The number of halogens is 1. The largest absolute Gasteiger partial charge is 0.427 e. The van der Waals surface area contributed by atoms with E-state index < -0.39 is 21.1 Å². The summed E-state index contributed by atoms with van der Waals surface area (Å²) in [5.41, 5.74) is 1.51. The first-order chi connectivity index (χ1) is 12.1. The Morgan fingerprint density at radius 3 is 1.68 bits per heavy atom. The van der Waals surface area contributed by atoms with Gasteiger partial charge in [-0.2, -0.15) is 0 Å². The van der Waals surface area contributed by atoms with Gasteiger partial charge in [0.1, 0.15) is 11.5 Å². The maximum Gasteiger partial charge on any atom is 0.282 e. The molecule has 1 atom stereocenters. The van der Waals surface area contributed by atoms with E-state index in [-0.39, 0.29) is 0 Å². The minimum atomic E-state index is -4.01. The molecule has 25 heavy (non-hydrogen) atoms. The first-order valence-corrected chi connectivity index (χ1v) is 14.0. The summed E-state index contributed by atoms with van der Waals surface area (Å²) in [5.74, 6) is 2.70. The molecule has 3 nitrogen and oxygen atoms in total. The summed E-state index contributed by atoms with van der Waals surface area (Å²) in [5, 5.41) is 0. The lowest BCUT2D eigenvalue weighted by Crippen LogP contribution is -4.05. The SMILES string of the molecule is CCCCCCCCCCCC[S+](C)Cc1ccccc1.[O-][I+2]([O-])[O-]. The monoisotopic (exact) mass is 482 g/mol. The zero-order valence-corrected chi connectivity index (χ0v) is 18.9. The molecule has 0 radical (unpaired) electrons. The summed E-state index contributed by atoms with van der Waals surface area (Å²) in [6.07, 6.45) is 16.9. The van der Waals surface area contributed by atoms with Crippen molar-refractivity contribution in [1.29, 1.82) is 0 Å². The lowest BCUT2D eigenvalue weighted by atomic mass is 10.1. The van der Waals surface area contributed by atoms with Crippen LogP contribution < -0.4 is 31.4 Å². The molecule has 0 aliphatic rings. The molecule has 0 saturated carbocycles. The van der Waals surface area contributed by atoms with Crippen molar-refractivity contribution in [3.63, 3.8) is 0 Å². The predicted octanol–water partition coefficient (Wildman–Crippen LogP) is -0.207. The van der Waals surface area contributed by atoms with Crippen LogP contribution in [0.15, 0.2) is 30.3 Å². The predicted molar refractivity (Wildman–Crippen MR) is 100 cm³/mol. The van der Waals surface area contributed by atoms with Gasteiger partial charge in [0, 0.05) is 5.56 Å². The Hall–Kier alpha value is 0.180. The molecular weight excluding hydrogens is 447 g/mol. The zero-order valence-electron chi connectivity index (χ0n) is 15.9. The third kappa shape index (κ3) is 20.3. The number of unbranched alkanes of at least 4 members (excludes halogenated alkanes) is 9. The average molecular weight is 482 g/mol. The highest BCUT2D eigenvalue weighted by Crippen LogP contribution is 2.12. The fraction of sp³-hybridized carbons (Fsp3) is 0.700. The van der Waals surface area contributed by atoms with Crippen LogP contribution in [0.2, 0.25) is 0 Å². The third-order valence-electron chi connectivity index (χ3n) is 4.10. The molecule has 1 unspecified atom stereocenters. The van der Waals surface area contributed by atoms with Gasteiger partial charge in [-0.3, -0.25) is 0 Å². The Labute approximate surface area is 166 Å². The molecule has 0 saturated heterocycles. The van der Waals surface area contributed by atoms with Crippen molar-refractivity contribution in [3.8, 4) is 0 Å². The molecule has 146 valence electrons. The molecule has 0 aliphatic heterocycles. The second-order valence-corrected chi connectivity index (χ2v) is 9.83. The van der Waals surface area contributed by atoms with E-state index in [1.54, 1.807) is 0 Å². The fourth-order valence-corrected chi connectivity index (χ4v) is 4.37. The lowest BCUT2D eigenvalue weighted by molar-refractivity contribution is -1.73. The van der Waals surface area contributed by atoms with Crippen molar-refractivity contribution < 1.29 is 31.4 Å². The van der Waals surface area contributed by atoms with E-state index in [9.17, 15) is 0 Å². The van der Waals surface area contributed by atoms with Crippen LogP contribution in [0.4, 0.5) is 0 Å². The molecule has 0 N–H and O–H groups in total. The Kier molecular flexibility index (Phi) is 19.1. The summed E-state index contributed by atoms with van der Waals surface area (Å²) in [6.45, 7) is 2.29. The summed E-state index contributed by atoms with van der Waals surface area (Å²) in [6, 6.07) is 11.0. The molecule has 1 aromatic rings. The minimum absolute atomic E-state index is 0.566.